The molecule has 2 heterocycles. The quantitative estimate of drug-likeness (QED) is 0.582. The van der Waals surface area contributed by atoms with E-state index in [-0.39, 0.29) is 0 Å². The van der Waals surface area contributed by atoms with E-state index >= 15 is 0 Å². The Balaban J connectivity index is 1.98. The molecule has 0 fully saturated rings. The molecule has 0 amide bonds. The van der Waals surface area contributed by atoms with Crippen LogP contribution in [0.1, 0.15) is 0 Å². The summed E-state index contributed by atoms with van der Waals surface area (Å²) in [5, 5.41) is 7.67. The van der Waals surface area contributed by atoms with Crippen molar-refractivity contribution in [2.24, 2.45) is 0 Å². The average molecular weight is 268 g/mol. The van der Waals surface area contributed by atoms with E-state index in [0.29, 0.717) is 0 Å². The topological polar surface area (TPSA) is 54.5 Å². The molecule has 0 spiro atoms. The lowest BCUT2D eigenvalue weighted by molar-refractivity contribution is 1.05. The predicted molar refractivity (Wildman–Crippen MR) is 78.0 cm³/mol. The molecule has 0 aliphatic heterocycles. The van der Waals surface area contributed by atoms with E-state index in [2.05, 4.69) is 38.9 Å². The molecule has 0 bridgehead atoms. The van der Waals surface area contributed by atoms with Gasteiger partial charge in [0.25, 0.3) is 0 Å². The molecule has 3 aromatic rings. The van der Waals surface area contributed by atoms with Crippen LogP contribution in [0.25, 0.3) is 22.4 Å². The molecular formula is C14H12N4S. The van der Waals surface area contributed by atoms with E-state index in [9.17, 15) is 0 Å². The number of thioether (sulfide) groups is 1. The molecule has 19 heavy (non-hydrogen) atoms. The zero-order chi connectivity index (χ0) is 13.1. The lowest BCUT2D eigenvalue weighted by Crippen LogP contribution is -1.81. The van der Waals surface area contributed by atoms with Crippen LogP contribution in [-0.4, -0.2) is 25.9 Å². The summed E-state index contributed by atoms with van der Waals surface area (Å²) in [5.74, 6) is 1.74. The second kappa shape index (κ2) is 5.24. The summed E-state index contributed by atoms with van der Waals surface area (Å²) in [6.07, 6.45) is 5.24. The van der Waals surface area contributed by atoms with E-state index in [1.807, 2.05) is 18.2 Å². The zero-order valence-electron chi connectivity index (χ0n) is 10.2. The zero-order valence-corrected chi connectivity index (χ0v) is 11.0. The number of aromatic amines is 1. The highest BCUT2D eigenvalue weighted by Crippen LogP contribution is 2.25. The number of benzene rings is 1. The number of imidazole rings is 1. The number of nitrogens with zero attached hydrogens (tertiary/aromatic N) is 3. The molecule has 0 aliphatic rings. The van der Waals surface area contributed by atoms with Crippen molar-refractivity contribution >= 4 is 22.8 Å². The Morgan fingerprint density at radius 3 is 3.00 bits per heavy atom. The van der Waals surface area contributed by atoms with E-state index in [1.165, 1.54) is 4.90 Å². The van der Waals surface area contributed by atoms with Gasteiger partial charge in [-0.15, -0.1) is 18.3 Å². The van der Waals surface area contributed by atoms with Crippen molar-refractivity contribution in [2.45, 2.75) is 4.90 Å². The molecule has 4 nitrogen and oxygen atoms in total. The van der Waals surface area contributed by atoms with Gasteiger partial charge in [0.05, 0.1) is 17.9 Å². The largest absolute Gasteiger partial charge is 0.337 e. The first-order valence-corrected chi connectivity index (χ1v) is 6.86. The molecule has 0 radical (unpaired) electrons. The minimum Gasteiger partial charge on any atom is -0.337 e. The molecule has 0 aliphatic carbocycles. The number of rotatable bonds is 4. The van der Waals surface area contributed by atoms with E-state index in [1.54, 1.807) is 24.2 Å². The third kappa shape index (κ3) is 2.51. The second-order valence-corrected chi connectivity index (χ2v) is 5.09. The van der Waals surface area contributed by atoms with Gasteiger partial charge in [-0.05, 0) is 12.1 Å². The van der Waals surface area contributed by atoms with Crippen LogP contribution in [-0.2, 0) is 0 Å². The van der Waals surface area contributed by atoms with Crippen molar-refractivity contribution in [2.75, 3.05) is 5.75 Å². The van der Waals surface area contributed by atoms with Gasteiger partial charge in [-0.2, -0.15) is 10.2 Å². The average Bonchev–Trinajstić information content (AvgIpc) is 2.89. The molecule has 0 saturated heterocycles. The third-order valence-corrected chi connectivity index (χ3v) is 3.66. The fourth-order valence-electron chi connectivity index (χ4n) is 1.80. The van der Waals surface area contributed by atoms with Crippen molar-refractivity contribution in [3.8, 4) is 11.4 Å². The van der Waals surface area contributed by atoms with Gasteiger partial charge in [-0.3, -0.25) is 0 Å². The molecule has 94 valence electrons. The molecular weight excluding hydrogens is 256 g/mol. The van der Waals surface area contributed by atoms with Crippen LogP contribution in [0.4, 0.5) is 0 Å². The van der Waals surface area contributed by atoms with Gasteiger partial charge in [0, 0.05) is 16.2 Å². The maximum absolute atomic E-state index is 4.52. The van der Waals surface area contributed by atoms with Gasteiger partial charge in [0.1, 0.15) is 11.3 Å². The number of nitrogens with one attached hydrogen (secondary N) is 1. The summed E-state index contributed by atoms with van der Waals surface area (Å²) in [5.41, 5.74) is 2.79. The molecule has 0 unspecified atom stereocenters. The number of H-pyrrole nitrogens is 1. The van der Waals surface area contributed by atoms with Crippen molar-refractivity contribution in [1.82, 2.24) is 20.2 Å². The van der Waals surface area contributed by atoms with Gasteiger partial charge in [-0.25, -0.2) is 4.98 Å². The first-order chi connectivity index (χ1) is 9.36. The van der Waals surface area contributed by atoms with Crippen molar-refractivity contribution < 1.29 is 0 Å². The first-order valence-electron chi connectivity index (χ1n) is 5.87. The van der Waals surface area contributed by atoms with Gasteiger partial charge in [0.15, 0.2) is 0 Å². The molecule has 1 N–H and O–H groups in total. The van der Waals surface area contributed by atoms with Crippen molar-refractivity contribution in [3.05, 3.63) is 49.3 Å². The van der Waals surface area contributed by atoms with Crippen molar-refractivity contribution in [1.29, 1.82) is 0 Å². The maximum atomic E-state index is 4.52. The molecule has 1 aromatic carbocycles. The van der Waals surface area contributed by atoms with Gasteiger partial charge >= 0.3 is 0 Å². The standard InChI is InChI=1S/C14H12N4S/c1-2-6-19-11-5-3-4-10(7-11)14-17-12-8-15-16-9-13(12)18-14/h2-5,7-9H,1,6H2,(H,17,18). The van der Waals surface area contributed by atoms with Crippen LogP contribution in [0.3, 0.4) is 0 Å². The maximum Gasteiger partial charge on any atom is 0.138 e. The number of fused-ring (bicyclic) bond motifs is 1. The first kappa shape index (κ1) is 11.9. The fourth-order valence-corrected chi connectivity index (χ4v) is 2.50. The summed E-state index contributed by atoms with van der Waals surface area (Å²) in [4.78, 5) is 8.97. The molecule has 0 saturated carbocycles. The minimum absolute atomic E-state index is 0.828. The van der Waals surface area contributed by atoms with E-state index in [4.69, 9.17) is 0 Å². The summed E-state index contributed by atoms with van der Waals surface area (Å²) < 4.78 is 0. The summed E-state index contributed by atoms with van der Waals surface area (Å²) >= 11 is 1.75. The van der Waals surface area contributed by atoms with Crippen LogP contribution < -0.4 is 0 Å². The lowest BCUT2D eigenvalue weighted by Gasteiger charge is -2.01. The highest BCUT2D eigenvalue weighted by atomic mass is 32.2. The Morgan fingerprint density at radius 1 is 1.26 bits per heavy atom. The van der Waals surface area contributed by atoms with Gasteiger partial charge < -0.3 is 4.98 Å². The monoisotopic (exact) mass is 268 g/mol. The van der Waals surface area contributed by atoms with Crippen LogP contribution >= 0.6 is 11.8 Å². The highest BCUT2D eigenvalue weighted by molar-refractivity contribution is 7.99. The van der Waals surface area contributed by atoms with Crippen LogP contribution in [0.15, 0.2) is 54.2 Å². The Bertz CT molecular complexity index is 687. The smallest absolute Gasteiger partial charge is 0.138 e. The van der Waals surface area contributed by atoms with Crippen LogP contribution in [0.2, 0.25) is 0 Å². The summed E-state index contributed by atoms with van der Waals surface area (Å²) in [6, 6.07) is 8.27. The number of aromatic nitrogens is 4. The van der Waals surface area contributed by atoms with Gasteiger partial charge in [-0.1, -0.05) is 18.2 Å². The summed E-state index contributed by atoms with van der Waals surface area (Å²) in [6.45, 7) is 3.73. The second-order valence-electron chi connectivity index (χ2n) is 4.00. The predicted octanol–water partition coefficient (Wildman–Crippen LogP) is 3.30. The van der Waals surface area contributed by atoms with Crippen LogP contribution in [0.5, 0.6) is 0 Å². The van der Waals surface area contributed by atoms with E-state index in [0.717, 1.165) is 28.2 Å². The molecule has 3 rings (SSSR count). The van der Waals surface area contributed by atoms with Gasteiger partial charge in [0.2, 0.25) is 0 Å². The Labute approximate surface area is 115 Å². The van der Waals surface area contributed by atoms with Crippen LogP contribution in [0, 0.1) is 0 Å². The lowest BCUT2D eigenvalue weighted by atomic mass is 10.2. The summed E-state index contributed by atoms with van der Waals surface area (Å²) in [7, 11) is 0. The number of hydrogen-bond acceptors (Lipinski definition) is 4. The fraction of sp³-hybridized carbons (Fsp3) is 0.0714. The normalized spacial score (nSPS) is 10.7. The molecule has 0 atom stereocenters. The molecule has 2 aromatic heterocycles. The Hall–Kier alpha value is -2.14. The van der Waals surface area contributed by atoms with Crippen molar-refractivity contribution in [3.63, 3.8) is 0 Å². The Kier molecular flexibility index (Phi) is 3.29. The highest BCUT2D eigenvalue weighted by Gasteiger charge is 2.06. The third-order valence-electron chi connectivity index (χ3n) is 2.67. The van der Waals surface area contributed by atoms with E-state index < -0.39 is 0 Å². The Morgan fingerprint density at radius 2 is 2.16 bits per heavy atom. The minimum atomic E-state index is 0.828. The molecule has 5 heteroatoms. The SMILES string of the molecule is C=CCSc1cccc(-c2nc3cnncc3[nH]2)c1. The number of hydrogen-bond donors (Lipinski definition) is 1.